The molecule has 31 heavy (non-hydrogen) atoms. The molecule has 3 aromatic rings. The van der Waals surface area contributed by atoms with E-state index in [1.807, 2.05) is 0 Å². The second-order valence-electron chi connectivity index (χ2n) is 6.76. The SMILES string of the molecule is COc1ccc(/C(O)=C2\C(=O)C(=O)N(c3ccccn3)[C@H]2c2cccc(Cl)c2)cc1Cl. The first-order chi connectivity index (χ1) is 14.9. The van der Waals surface area contributed by atoms with Gasteiger partial charge in [-0.15, -0.1) is 0 Å². The van der Waals surface area contributed by atoms with E-state index in [0.29, 0.717) is 16.3 Å². The van der Waals surface area contributed by atoms with Crippen molar-refractivity contribution >= 4 is 46.5 Å². The van der Waals surface area contributed by atoms with Crippen LogP contribution in [-0.2, 0) is 9.59 Å². The van der Waals surface area contributed by atoms with Crippen LogP contribution in [0.25, 0.3) is 5.76 Å². The third kappa shape index (κ3) is 3.76. The van der Waals surface area contributed by atoms with Crippen molar-refractivity contribution in [2.24, 2.45) is 0 Å². The largest absolute Gasteiger partial charge is 0.507 e. The molecule has 1 aliphatic heterocycles. The number of hydrogen-bond acceptors (Lipinski definition) is 5. The van der Waals surface area contributed by atoms with E-state index in [4.69, 9.17) is 27.9 Å². The minimum absolute atomic E-state index is 0.0841. The fourth-order valence-corrected chi connectivity index (χ4v) is 3.98. The van der Waals surface area contributed by atoms with Gasteiger partial charge in [-0.05, 0) is 48.0 Å². The van der Waals surface area contributed by atoms with Gasteiger partial charge < -0.3 is 9.84 Å². The van der Waals surface area contributed by atoms with E-state index in [9.17, 15) is 14.7 Å². The highest BCUT2D eigenvalue weighted by molar-refractivity contribution is 6.51. The van der Waals surface area contributed by atoms with Crippen molar-refractivity contribution < 1.29 is 19.4 Å². The summed E-state index contributed by atoms with van der Waals surface area (Å²) in [5, 5.41) is 11.8. The van der Waals surface area contributed by atoms with Crippen LogP contribution in [0.2, 0.25) is 10.0 Å². The number of hydrogen-bond donors (Lipinski definition) is 1. The number of ether oxygens (including phenoxy) is 1. The molecule has 1 atom stereocenters. The van der Waals surface area contributed by atoms with Gasteiger partial charge in [0.25, 0.3) is 5.78 Å². The number of carbonyl (C=O) groups is 2. The first-order valence-electron chi connectivity index (χ1n) is 9.23. The van der Waals surface area contributed by atoms with Gasteiger partial charge in [-0.25, -0.2) is 4.98 Å². The summed E-state index contributed by atoms with van der Waals surface area (Å²) in [6.07, 6.45) is 1.52. The second-order valence-corrected chi connectivity index (χ2v) is 7.61. The third-order valence-corrected chi connectivity index (χ3v) is 5.46. The molecule has 0 aliphatic carbocycles. The Morgan fingerprint density at radius 1 is 1.06 bits per heavy atom. The predicted molar refractivity (Wildman–Crippen MR) is 118 cm³/mol. The van der Waals surface area contributed by atoms with Crippen molar-refractivity contribution in [3.63, 3.8) is 0 Å². The van der Waals surface area contributed by atoms with Gasteiger partial charge >= 0.3 is 5.91 Å². The number of methoxy groups -OCH3 is 1. The van der Waals surface area contributed by atoms with E-state index in [1.54, 1.807) is 54.6 Å². The van der Waals surface area contributed by atoms with Crippen LogP contribution in [-0.4, -0.2) is 28.9 Å². The third-order valence-electron chi connectivity index (χ3n) is 4.93. The molecule has 0 bridgehead atoms. The zero-order chi connectivity index (χ0) is 22.1. The number of halogens is 2. The minimum atomic E-state index is -0.922. The number of nitrogens with zero attached hydrogens (tertiary/aromatic N) is 2. The topological polar surface area (TPSA) is 79.7 Å². The maximum absolute atomic E-state index is 13.1. The van der Waals surface area contributed by atoms with Gasteiger partial charge in [0, 0.05) is 16.8 Å². The molecule has 4 rings (SSSR count). The Labute approximate surface area is 188 Å². The molecule has 8 heteroatoms. The second kappa shape index (κ2) is 8.41. The Balaban J connectivity index is 1.94. The van der Waals surface area contributed by atoms with Crippen LogP contribution in [0.15, 0.2) is 72.4 Å². The molecule has 1 aliphatic rings. The normalized spacial score (nSPS) is 17.8. The van der Waals surface area contributed by atoms with Crippen molar-refractivity contribution in [3.05, 3.63) is 93.6 Å². The summed E-state index contributed by atoms with van der Waals surface area (Å²) in [7, 11) is 1.47. The highest BCUT2D eigenvalue weighted by atomic mass is 35.5. The molecule has 1 saturated heterocycles. The van der Waals surface area contributed by atoms with Crippen LogP contribution >= 0.6 is 23.2 Å². The molecule has 1 fully saturated rings. The van der Waals surface area contributed by atoms with E-state index < -0.39 is 17.7 Å². The van der Waals surface area contributed by atoms with Gasteiger partial charge in [-0.3, -0.25) is 14.5 Å². The van der Waals surface area contributed by atoms with Gasteiger partial charge in [0.1, 0.15) is 17.3 Å². The lowest BCUT2D eigenvalue weighted by atomic mass is 9.95. The number of aliphatic hydroxyl groups excluding tert-OH is 1. The van der Waals surface area contributed by atoms with Gasteiger partial charge in [0.15, 0.2) is 0 Å². The first kappa shape index (κ1) is 20.9. The van der Waals surface area contributed by atoms with Crippen LogP contribution in [0.5, 0.6) is 5.75 Å². The van der Waals surface area contributed by atoms with E-state index in [1.165, 1.54) is 24.3 Å². The number of carbonyl (C=O) groups excluding carboxylic acids is 2. The van der Waals surface area contributed by atoms with Gasteiger partial charge in [0.2, 0.25) is 0 Å². The van der Waals surface area contributed by atoms with Crippen molar-refractivity contribution in [1.29, 1.82) is 0 Å². The minimum Gasteiger partial charge on any atom is -0.507 e. The highest BCUT2D eigenvalue weighted by Gasteiger charge is 2.47. The van der Waals surface area contributed by atoms with E-state index in [-0.39, 0.29) is 27.7 Å². The molecule has 0 unspecified atom stereocenters. The summed E-state index contributed by atoms with van der Waals surface area (Å²) in [5.74, 6) is -1.30. The zero-order valence-electron chi connectivity index (χ0n) is 16.3. The molecular formula is C23H16Cl2N2O4. The lowest BCUT2D eigenvalue weighted by Crippen LogP contribution is -2.30. The molecule has 0 radical (unpaired) electrons. The molecule has 2 aromatic carbocycles. The van der Waals surface area contributed by atoms with E-state index in [2.05, 4.69) is 4.98 Å². The molecule has 0 spiro atoms. The Kier molecular flexibility index (Phi) is 5.67. The summed E-state index contributed by atoms with van der Waals surface area (Å²) in [6, 6.07) is 15.5. The van der Waals surface area contributed by atoms with Crippen LogP contribution in [0.3, 0.4) is 0 Å². The molecule has 1 aromatic heterocycles. The van der Waals surface area contributed by atoms with Crippen LogP contribution < -0.4 is 9.64 Å². The number of pyridine rings is 1. The van der Waals surface area contributed by atoms with Crippen LogP contribution in [0, 0.1) is 0 Å². The lowest BCUT2D eigenvalue weighted by molar-refractivity contribution is -0.132. The average molecular weight is 455 g/mol. The molecule has 1 N–H and O–H groups in total. The number of ketones is 1. The Bertz CT molecular complexity index is 1210. The summed E-state index contributed by atoms with van der Waals surface area (Å²) < 4.78 is 5.14. The van der Waals surface area contributed by atoms with Gasteiger partial charge in [-0.2, -0.15) is 0 Å². The molecule has 6 nitrogen and oxygen atoms in total. The Morgan fingerprint density at radius 3 is 2.52 bits per heavy atom. The zero-order valence-corrected chi connectivity index (χ0v) is 17.8. The molecular weight excluding hydrogens is 439 g/mol. The van der Waals surface area contributed by atoms with Gasteiger partial charge in [-0.1, -0.05) is 41.4 Å². The molecule has 0 saturated carbocycles. The molecule has 2 heterocycles. The highest BCUT2D eigenvalue weighted by Crippen LogP contribution is 2.42. The van der Waals surface area contributed by atoms with Crippen LogP contribution in [0.4, 0.5) is 5.82 Å². The van der Waals surface area contributed by atoms with Gasteiger partial charge in [0.05, 0.1) is 23.7 Å². The Morgan fingerprint density at radius 2 is 1.87 bits per heavy atom. The first-order valence-corrected chi connectivity index (χ1v) is 9.99. The monoisotopic (exact) mass is 454 g/mol. The summed E-state index contributed by atoms with van der Waals surface area (Å²) >= 11 is 12.4. The number of anilines is 1. The standard InChI is InChI=1S/C23H16Cl2N2O4/c1-31-17-9-8-14(12-16(17)25)21(28)19-20(13-5-4-6-15(24)11-13)27(23(30)22(19)29)18-7-2-3-10-26-18/h2-12,20,28H,1H3/b21-19+/t20-/m0/s1. The smallest absolute Gasteiger partial charge is 0.301 e. The summed E-state index contributed by atoms with van der Waals surface area (Å²) in [5.41, 5.74) is 0.745. The molecule has 1 amide bonds. The predicted octanol–water partition coefficient (Wildman–Crippen LogP) is 5.02. The number of Topliss-reactive ketones (excluding diaryl/α,β-unsaturated/α-hetero) is 1. The van der Waals surface area contributed by atoms with Crippen molar-refractivity contribution in [2.75, 3.05) is 12.0 Å². The van der Waals surface area contributed by atoms with E-state index >= 15 is 0 Å². The summed E-state index contributed by atoms with van der Waals surface area (Å²) in [4.78, 5) is 31.5. The maximum Gasteiger partial charge on any atom is 0.301 e. The fraction of sp³-hybridized carbons (Fsp3) is 0.0870. The number of aliphatic hydroxyl groups is 1. The maximum atomic E-state index is 13.1. The van der Waals surface area contributed by atoms with Crippen molar-refractivity contribution in [3.8, 4) is 5.75 Å². The van der Waals surface area contributed by atoms with Crippen molar-refractivity contribution in [2.45, 2.75) is 6.04 Å². The quantitative estimate of drug-likeness (QED) is 0.340. The lowest BCUT2D eigenvalue weighted by Gasteiger charge is -2.24. The number of rotatable bonds is 4. The fourth-order valence-electron chi connectivity index (χ4n) is 3.53. The average Bonchev–Trinajstić information content (AvgIpc) is 3.04. The van der Waals surface area contributed by atoms with Crippen molar-refractivity contribution in [1.82, 2.24) is 4.98 Å². The van der Waals surface area contributed by atoms with E-state index in [0.717, 1.165) is 0 Å². The number of benzene rings is 2. The molecule has 156 valence electrons. The van der Waals surface area contributed by atoms with Crippen LogP contribution in [0.1, 0.15) is 17.2 Å². The Hall–Kier alpha value is -3.35. The number of aromatic nitrogens is 1. The summed E-state index contributed by atoms with van der Waals surface area (Å²) in [6.45, 7) is 0. The number of amides is 1.